The zero-order valence-electron chi connectivity index (χ0n) is 19.6. The van der Waals surface area contributed by atoms with Gasteiger partial charge in [-0.1, -0.05) is 0 Å². The molecule has 4 bridgehead atoms. The summed E-state index contributed by atoms with van der Waals surface area (Å²) in [5.74, 6) is -0.788. The van der Waals surface area contributed by atoms with Gasteiger partial charge in [0.25, 0.3) is 0 Å². The van der Waals surface area contributed by atoms with Crippen molar-refractivity contribution < 1.29 is 23.1 Å². The third-order valence-electron chi connectivity index (χ3n) is 7.76. The van der Waals surface area contributed by atoms with Crippen molar-refractivity contribution in [3.63, 3.8) is 0 Å². The molecule has 4 saturated carbocycles. The molecular formula is C25H33F2N3O3. The molecule has 4 fully saturated rings. The number of nitrogens with one attached hydrogen (secondary N) is 2. The summed E-state index contributed by atoms with van der Waals surface area (Å²) >= 11 is 0. The Kier molecular flexibility index (Phi) is 5.23. The SMILES string of the molecule is CC(C)(C)OC(=O)NC12C[C@@H]3C[C@@H](CC(NCC(=O)N4Cc5cc(F)c(F)cc5C4)(C3)C1)C2. The van der Waals surface area contributed by atoms with Gasteiger partial charge in [0.15, 0.2) is 11.6 Å². The van der Waals surface area contributed by atoms with Gasteiger partial charge in [-0.25, -0.2) is 13.6 Å². The number of carbonyl (C=O) groups is 2. The van der Waals surface area contributed by atoms with Crippen LogP contribution in [0, 0.1) is 23.5 Å². The van der Waals surface area contributed by atoms with E-state index < -0.39 is 17.2 Å². The average Bonchev–Trinajstić information content (AvgIpc) is 3.06. The Morgan fingerprint density at radius 2 is 1.58 bits per heavy atom. The fourth-order valence-corrected chi connectivity index (χ4v) is 7.08. The van der Waals surface area contributed by atoms with Crippen LogP contribution in [0.2, 0.25) is 0 Å². The Morgan fingerprint density at radius 1 is 1.03 bits per heavy atom. The third-order valence-corrected chi connectivity index (χ3v) is 7.76. The minimum Gasteiger partial charge on any atom is -0.444 e. The lowest BCUT2D eigenvalue weighted by atomic mass is 9.50. The van der Waals surface area contributed by atoms with E-state index in [2.05, 4.69) is 10.6 Å². The first-order chi connectivity index (χ1) is 15.4. The van der Waals surface area contributed by atoms with Crippen LogP contribution in [0.5, 0.6) is 0 Å². The van der Waals surface area contributed by atoms with Crippen LogP contribution < -0.4 is 10.6 Å². The molecule has 1 heterocycles. The van der Waals surface area contributed by atoms with Gasteiger partial charge < -0.3 is 20.3 Å². The molecule has 6 nitrogen and oxygen atoms in total. The summed E-state index contributed by atoms with van der Waals surface area (Å²) in [5.41, 5.74) is 0.310. The van der Waals surface area contributed by atoms with E-state index in [0.29, 0.717) is 36.1 Å². The topological polar surface area (TPSA) is 70.7 Å². The van der Waals surface area contributed by atoms with Crippen molar-refractivity contribution >= 4 is 12.0 Å². The standard InChI is InChI=1S/C25H33F2N3O3/c1-23(2,3)33-22(32)29-25-9-15-4-16(10-25)8-24(7-15,14-25)28-11-21(31)30-12-17-5-19(26)20(27)6-18(17)13-30/h5-6,15-16,28H,4,7-14H2,1-3H3,(H,29,32)/t15-,16+,24?,25?. The molecule has 0 aromatic heterocycles. The first kappa shape index (κ1) is 22.6. The van der Waals surface area contributed by atoms with Crippen LogP contribution in [-0.4, -0.2) is 40.1 Å². The van der Waals surface area contributed by atoms with Crippen molar-refractivity contribution in [2.45, 2.75) is 89.1 Å². The zero-order chi connectivity index (χ0) is 23.6. The molecule has 1 aliphatic heterocycles. The van der Waals surface area contributed by atoms with Crippen molar-refractivity contribution in [1.82, 2.24) is 15.5 Å². The summed E-state index contributed by atoms with van der Waals surface area (Å²) in [6.45, 7) is 6.37. The minimum absolute atomic E-state index is 0.0723. The maximum absolute atomic E-state index is 13.6. The number of halogens is 2. The fraction of sp³-hybridized carbons (Fsp3) is 0.680. The van der Waals surface area contributed by atoms with Crippen LogP contribution in [0.4, 0.5) is 13.6 Å². The van der Waals surface area contributed by atoms with E-state index in [4.69, 9.17) is 4.74 Å². The van der Waals surface area contributed by atoms with Crippen molar-refractivity contribution in [2.75, 3.05) is 6.54 Å². The average molecular weight is 462 g/mol. The van der Waals surface area contributed by atoms with Crippen molar-refractivity contribution in [3.8, 4) is 0 Å². The molecule has 2 unspecified atom stereocenters. The van der Waals surface area contributed by atoms with E-state index in [9.17, 15) is 18.4 Å². The van der Waals surface area contributed by atoms with Crippen LogP contribution in [-0.2, 0) is 22.6 Å². The van der Waals surface area contributed by atoms with Crippen molar-refractivity contribution in [3.05, 3.63) is 34.9 Å². The summed E-state index contributed by atoms with van der Waals surface area (Å²) in [6.07, 6.45) is 5.52. The lowest BCUT2D eigenvalue weighted by Gasteiger charge is -2.62. The summed E-state index contributed by atoms with van der Waals surface area (Å²) < 4.78 is 32.7. The van der Waals surface area contributed by atoms with Gasteiger partial charge in [-0.3, -0.25) is 4.79 Å². The molecule has 2 N–H and O–H groups in total. The van der Waals surface area contributed by atoms with Crippen molar-refractivity contribution in [1.29, 1.82) is 0 Å². The van der Waals surface area contributed by atoms with Gasteiger partial charge in [0.1, 0.15) is 5.60 Å². The highest BCUT2D eigenvalue weighted by Crippen LogP contribution is 2.57. The molecular weight excluding hydrogens is 428 g/mol. The van der Waals surface area contributed by atoms with Crippen molar-refractivity contribution in [2.24, 2.45) is 11.8 Å². The van der Waals surface area contributed by atoms with Crippen LogP contribution in [0.25, 0.3) is 0 Å². The van der Waals surface area contributed by atoms with Gasteiger partial charge >= 0.3 is 6.09 Å². The number of hydrogen-bond donors (Lipinski definition) is 2. The summed E-state index contributed by atoms with van der Waals surface area (Å²) in [5, 5.41) is 6.77. The van der Waals surface area contributed by atoms with E-state index in [-0.39, 0.29) is 29.6 Å². The summed E-state index contributed by atoms with van der Waals surface area (Å²) in [7, 11) is 0. The van der Waals surface area contributed by atoms with E-state index >= 15 is 0 Å². The van der Waals surface area contributed by atoms with Gasteiger partial charge in [0.2, 0.25) is 5.91 Å². The number of amides is 2. The second-order valence-corrected chi connectivity index (χ2v) is 11.8. The molecule has 2 amide bonds. The number of ether oxygens (including phenoxy) is 1. The highest BCUT2D eigenvalue weighted by molar-refractivity contribution is 5.79. The van der Waals surface area contributed by atoms with Crippen LogP contribution in [0.1, 0.15) is 70.4 Å². The smallest absolute Gasteiger partial charge is 0.408 e. The molecule has 1 aromatic carbocycles. The highest BCUT2D eigenvalue weighted by Gasteiger charge is 2.58. The van der Waals surface area contributed by atoms with E-state index in [0.717, 1.165) is 32.1 Å². The molecule has 33 heavy (non-hydrogen) atoms. The van der Waals surface area contributed by atoms with Gasteiger partial charge in [0.05, 0.1) is 6.54 Å². The fourth-order valence-electron chi connectivity index (χ4n) is 7.08. The number of carbonyl (C=O) groups excluding carboxylic acids is 2. The Hall–Kier alpha value is -2.22. The normalized spacial score (nSPS) is 32.1. The Morgan fingerprint density at radius 3 is 2.12 bits per heavy atom. The first-order valence-electron chi connectivity index (χ1n) is 11.9. The molecule has 4 aliphatic carbocycles. The molecule has 4 atom stereocenters. The highest BCUT2D eigenvalue weighted by atomic mass is 19.2. The molecule has 0 spiro atoms. The number of hydrogen-bond acceptors (Lipinski definition) is 4. The molecule has 0 radical (unpaired) electrons. The molecule has 0 saturated heterocycles. The number of benzene rings is 1. The number of rotatable bonds is 4. The maximum atomic E-state index is 13.6. The third kappa shape index (κ3) is 4.46. The second kappa shape index (κ2) is 7.65. The van der Waals surface area contributed by atoms with E-state index in [1.165, 1.54) is 18.6 Å². The Balaban J connectivity index is 1.24. The van der Waals surface area contributed by atoms with Crippen LogP contribution in [0.15, 0.2) is 12.1 Å². The predicted octanol–water partition coefficient (Wildman–Crippen LogP) is 4.01. The summed E-state index contributed by atoms with van der Waals surface area (Å²) in [4.78, 5) is 27.2. The minimum atomic E-state index is -0.877. The molecule has 8 heteroatoms. The zero-order valence-corrected chi connectivity index (χ0v) is 19.6. The first-order valence-corrected chi connectivity index (χ1v) is 11.9. The lowest BCUT2D eigenvalue weighted by Crippen LogP contribution is -2.69. The molecule has 6 rings (SSSR count). The predicted molar refractivity (Wildman–Crippen MR) is 118 cm³/mol. The van der Waals surface area contributed by atoms with Crippen LogP contribution >= 0.6 is 0 Å². The molecule has 5 aliphatic rings. The monoisotopic (exact) mass is 461 g/mol. The number of nitrogens with zero attached hydrogens (tertiary/aromatic N) is 1. The van der Waals surface area contributed by atoms with Gasteiger partial charge in [-0.15, -0.1) is 0 Å². The number of alkyl carbamates (subject to hydrolysis) is 1. The molecule has 1 aromatic rings. The van der Waals surface area contributed by atoms with Crippen LogP contribution in [0.3, 0.4) is 0 Å². The maximum Gasteiger partial charge on any atom is 0.408 e. The van der Waals surface area contributed by atoms with E-state index in [1.807, 2.05) is 20.8 Å². The number of fused-ring (bicyclic) bond motifs is 1. The summed E-state index contributed by atoms with van der Waals surface area (Å²) in [6, 6.07) is 2.38. The van der Waals surface area contributed by atoms with Gasteiger partial charge in [-0.2, -0.15) is 0 Å². The Bertz CT molecular complexity index is 945. The largest absolute Gasteiger partial charge is 0.444 e. The van der Waals surface area contributed by atoms with Gasteiger partial charge in [-0.05, 0) is 94.4 Å². The van der Waals surface area contributed by atoms with E-state index in [1.54, 1.807) is 4.90 Å². The quantitative estimate of drug-likeness (QED) is 0.711. The second-order valence-electron chi connectivity index (χ2n) is 11.8. The lowest BCUT2D eigenvalue weighted by molar-refractivity contribution is -0.132. The van der Waals surface area contributed by atoms with Gasteiger partial charge in [0, 0.05) is 24.2 Å². The Labute approximate surface area is 193 Å². The molecule has 180 valence electrons.